The number of nitrogens with zero attached hydrogens (tertiary/aromatic N) is 3. The molecule has 0 saturated carbocycles. The summed E-state index contributed by atoms with van der Waals surface area (Å²) in [5.74, 6) is 0. The summed E-state index contributed by atoms with van der Waals surface area (Å²) in [6.07, 6.45) is 3.86. The molecule has 0 bridgehead atoms. The lowest BCUT2D eigenvalue weighted by atomic mass is 10.2. The van der Waals surface area contributed by atoms with Crippen molar-refractivity contribution in [3.63, 3.8) is 0 Å². The third-order valence-electron chi connectivity index (χ3n) is 3.75. The molecule has 20 heavy (non-hydrogen) atoms. The highest BCUT2D eigenvalue weighted by atomic mass is 79.9. The first-order chi connectivity index (χ1) is 9.67. The first-order valence-corrected chi connectivity index (χ1v) is 7.54. The van der Waals surface area contributed by atoms with Gasteiger partial charge in [0, 0.05) is 29.8 Å². The normalized spacial score (nSPS) is 24.4. The first-order valence-electron chi connectivity index (χ1n) is 6.75. The highest BCUT2D eigenvalue weighted by Crippen LogP contribution is 2.18. The van der Waals surface area contributed by atoms with Gasteiger partial charge in [0.15, 0.2) is 0 Å². The Bertz CT molecular complexity index is 601. The fourth-order valence-electron chi connectivity index (χ4n) is 2.54. The van der Waals surface area contributed by atoms with Gasteiger partial charge in [0.2, 0.25) is 0 Å². The average molecular weight is 340 g/mol. The highest BCUT2D eigenvalue weighted by Gasteiger charge is 2.26. The molecule has 1 N–H and O–H groups in total. The molecule has 2 aromatic rings. The minimum atomic E-state index is -0.0860. The third kappa shape index (κ3) is 2.74. The van der Waals surface area contributed by atoms with E-state index in [9.17, 15) is 5.11 Å². The van der Waals surface area contributed by atoms with Gasteiger partial charge in [0.05, 0.1) is 31.2 Å². The smallest absolute Gasteiger partial charge is 0.136 e. The van der Waals surface area contributed by atoms with Gasteiger partial charge in [-0.1, -0.05) is 0 Å². The number of rotatable bonds is 3. The van der Waals surface area contributed by atoms with Crippen LogP contribution in [0.2, 0.25) is 0 Å². The van der Waals surface area contributed by atoms with Crippen LogP contribution in [-0.4, -0.2) is 51.3 Å². The molecule has 2 unspecified atom stereocenters. The molecule has 0 radical (unpaired) electrons. The zero-order valence-corrected chi connectivity index (χ0v) is 13.0. The van der Waals surface area contributed by atoms with E-state index in [1.165, 1.54) is 0 Å². The number of hydrogen-bond donors (Lipinski definition) is 1. The summed E-state index contributed by atoms with van der Waals surface area (Å²) in [6, 6.07) is 4.33. The van der Waals surface area contributed by atoms with E-state index < -0.39 is 0 Å². The SMILES string of the molecule is CC1COC(CO)CN1Cc1cnc2ccc(Br)cn12. The van der Waals surface area contributed by atoms with E-state index in [4.69, 9.17) is 4.74 Å². The van der Waals surface area contributed by atoms with Gasteiger partial charge in [-0.05, 0) is 35.0 Å². The molecule has 1 fully saturated rings. The largest absolute Gasteiger partial charge is 0.394 e. The van der Waals surface area contributed by atoms with Crippen molar-refractivity contribution in [2.75, 3.05) is 19.8 Å². The fraction of sp³-hybridized carbons (Fsp3) is 0.500. The highest BCUT2D eigenvalue weighted by molar-refractivity contribution is 9.10. The van der Waals surface area contributed by atoms with Crippen LogP contribution in [0, 0.1) is 0 Å². The summed E-state index contributed by atoms with van der Waals surface area (Å²) in [5, 5.41) is 9.25. The topological polar surface area (TPSA) is 50.0 Å². The molecule has 0 aromatic carbocycles. The van der Waals surface area contributed by atoms with Crippen molar-refractivity contribution in [3.8, 4) is 0 Å². The van der Waals surface area contributed by atoms with Crippen molar-refractivity contribution in [3.05, 3.63) is 34.7 Å². The summed E-state index contributed by atoms with van der Waals surface area (Å²) >= 11 is 3.49. The summed E-state index contributed by atoms with van der Waals surface area (Å²) in [6.45, 7) is 4.43. The lowest BCUT2D eigenvalue weighted by Crippen LogP contribution is -2.48. The molecule has 1 saturated heterocycles. The lowest BCUT2D eigenvalue weighted by molar-refractivity contribution is -0.0809. The van der Waals surface area contributed by atoms with E-state index in [1.54, 1.807) is 0 Å². The molecule has 2 aromatic heterocycles. The fourth-order valence-corrected chi connectivity index (χ4v) is 2.87. The van der Waals surface area contributed by atoms with Crippen molar-refractivity contribution in [2.45, 2.75) is 25.6 Å². The third-order valence-corrected chi connectivity index (χ3v) is 4.22. The van der Waals surface area contributed by atoms with Crippen LogP contribution in [0.4, 0.5) is 0 Å². The molecule has 2 atom stereocenters. The standard InChI is InChI=1S/C14H18BrN3O2/c1-10-9-20-13(8-19)7-17(10)6-12-4-16-14-3-2-11(15)5-18(12)14/h2-5,10,13,19H,6-9H2,1H3. The van der Waals surface area contributed by atoms with Crippen molar-refractivity contribution in [1.82, 2.24) is 14.3 Å². The van der Waals surface area contributed by atoms with Crippen LogP contribution < -0.4 is 0 Å². The molecular weight excluding hydrogens is 322 g/mol. The minimum Gasteiger partial charge on any atom is -0.394 e. The van der Waals surface area contributed by atoms with Crippen LogP contribution in [0.25, 0.3) is 5.65 Å². The number of fused-ring (bicyclic) bond motifs is 1. The van der Waals surface area contributed by atoms with E-state index >= 15 is 0 Å². The number of ether oxygens (including phenoxy) is 1. The van der Waals surface area contributed by atoms with Crippen LogP contribution in [0.5, 0.6) is 0 Å². The predicted molar refractivity (Wildman–Crippen MR) is 79.6 cm³/mol. The Labute approximate surface area is 126 Å². The summed E-state index contributed by atoms with van der Waals surface area (Å²) < 4.78 is 8.71. The maximum absolute atomic E-state index is 9.25. The van der Waals surface area contributed by atoms with Gasteiger partial charge < -0.3 is 14.2 Å². The van der Waals surface area contributed by atoms with Gasteiger partial charge in [-0.15, -0.1) is 0 Å². The van der Waals surface area contributed by atoms with Gasteiger partial charge in [-0.2, -0.15) is 0 Å². The average Bonchev–Trinajstić information content (AvgIpc) is 2.84. The maximum Gasteiger partial charge on any atom is 0.136 e. The number of hydrogen-bond acceptors (Lipinski definition) is 4. The molecule has 0 amide bonds. The van der Waals surface area contributed by atoms with Crippen molar-refractivity contribution < 1.29 is 9.84 Å². The van der Waals surface area contributed by atoms with Crippen molar-refractivity contribution >= 4 is 21.6 Å². The molecule has 1 aliphatic heterocycles. The van der Waals surface area contributed by atoms with Gasteiger partial charge in [0.1, 0.15) is 5.65 Å². The molecular formula is C14H18BrN3O2. The number of imidazole rings is 1. The first kappa shape index (κ1) is 14.0. The van der Waals surface area contributed by atoms with Crippen molar-refractivity contribution in [2.24, 2.45) is 0 Å². The quantitative estimate of drug-likeness (QED) is 0.924. The Morgan fingerprint density at radius 2 is 2.35 bits per heavy atom. The number of pyridine rings is 1. The van der Waals surface area contributed by atoms with E-state index in [0.29, 0.717) is 12.6 Å². The zero-order valence-electron chi connectivity index (χ0n) is 11.4. The molecule has 0 spiro atoms. The second-order valence-corrected chi connectivity index (χ2v) is 6.16. The van der Waals surface area contributed by atoms with Crippen LogP contribution in [0.15, 0.2) is 29.0 Å². The predicted octanol–water partition coefficient (Wildman–Crippen LogP) is 1.68. The van der Waals surface area contributed by atoms with E-state index in [1.807, 2.05) is 24.5 Å². The van der Waals surface area contributed by atoms with Crippen LogP contribution in [0.3, 0.4) is 0 Å². The van der Waals surface area contributed by atoms with Gasteiger partial charge in [-0.3, -0.25) is 4.90 Å². The van der Waals surface area contributed by atoms with Crippen LogP contribution in [0.1, 0.15) is 12.6 Å². The number of aliphatic hydroxyl groups is 1. The number of halogens is 1. The van der Waals surface area contributed by atoms with Gasteiger partial charge in [-0.25, -0.2) is 4.98 Å². The minimum absolute atomic E-state index is 0.0713. The molecule has 6 heteroatoms. The molecule has 0 aliphatic carbocycles. The Morgan fingerprint density at radius 3 is 3.15 bits per heavy atom. The van der Waals surface area contributed by atoms with Crippen LogP contribution >= 0.6 is 15.9 Å². The second-order valence-electron chi connectivity index (χ2n) is 5.24. The van der Waals surface area contributed by atoms with E-state index in [0.717, 1.165) is 28.9 Å². The Morgan fingerprint density at radius 1 is 1.50 bits per heavy atom. The van der Waals surface area contributed by atoms with Crippen LogP contribution in [-0.2, 0) is 11.3 Å². The summed E-state index contributed by atoms with van der Waals surface area (Å²) in [4.78, 5) is 6.75. The number of morpholine rings is 1. The molecule has 3 rings (SSSR count). The second kappa shape index (κ2) is 5.81. The van der Waals surface area contributed by atoms with Gasteiger partial charge >= 0.3 is 0 Å². The maximum atomic E-state index is 9.25. The summed E-state index contributed by atoms with van der Waals surface area (Å²) in [7, 11) is 0. The Balaban J connectivity index is 1.83. The van der Waals surface area contributed by atoms with E-state index in [2.05, 4.69) is 37.1 Å². The number of aliphatic hydroxyl groups excluding tert-OH is 1. The molecule has 1 aliphatic rings. The Kier molecular flexibility index (Phi) is 4.07. The zero-order chi connectivity index (χ0) is 14.1. The summed E-state index contributed by atoms with van der Waals surface area (Å²) in [5.41, 5.74) is 2.09. The molecule has 3 heterocycles. The van der Waals surface area contributed by atoms with E-state index in [-0.39, 0.29) is 12.7 Å². The Hall–Kier alpha value is -0.950. The lowest BCUT2D eigenvalue weighted by Gasteiger charge is -2.37. The molecule has 5 nitrogen and oxygen atoms in total. The number of aromatic nitrogens is 2. The monoisotopic (exact) mass is 339 g/mol. The van der Waals surface area contributed by atoms with Gasteiger partial charge in [0.25, 0.3) is 0 Å². The van der Waals surface area contributed by atoms with Crippen molar-refractivity contribution in [1.29, 1.82) is 0 Å². The molecule has 108 valence electrons.